The van der Waals surface area contributed by atoms with E-state index in [9.17, 15) is 4.79 Å². The van der Waals surface area contributed by atoms with Crippen molar-refractivity contribution in [2.75, 3.05) is 24.2 Å². The Morgan fingerprint density at radius 3 is 2.68 bits per heavy atom. The van der Waals surface area contributed by atoms with Crippen molar-refractivity contribution in [2.45, 2.75) is 46.3 Å². The molecule has 0 bridgehead atoms. The highest BCUT2D eigenvalue weighted by molar-refractivity contribution is 7.99. The van der Waals surface area contributed by atoms with Crippen molar-refractivity contribution in [3.05, 3.63) is 6.20 Å². The van der Waals surface area contributed by atoms with Crippen molar-refractivity contribution in [2.24, 2.45) is 11.8 Å². The Hall–Kier alpha value is -1.83. The second-order valence-electron chi connectivity index (χ2n) is 6.61. The summed E-state index contributed by atoms with van der Waals surface area (Å²) in [6.07, 6.45) is 1.79. The average Bonchev–Trinajstić information content (AvgIpc) is 2.96. The summed E-state index contributed by atoms with van der Waals surface area (Å²) in [6, 6.07) is 0. The summed E-state index contributed by atoms with van der Waals surface area (Å²) in [5, 5.41) is 12.4. The number of thioether (sulfide) groups is 1. The van der Waals surface area contributed by atoms with Crippen molar-refractivity contribution in [1.82, 2.24) is 25.1 Å². The highest BCUT2D eigenvalue weighted by Crippen LogP contribution is 2.24. The highest BCUT2D eigenvalue weighted by Gasteiger charge is 2.14. The molecule has 0 fully saturated rings. The molecule has 2 N–H and O–H groups in total. The molecule has 138 valence electrons. The van der Waals surface area contributed by atoms with E-state index < -0.39 is 0 Å². The highest BCUT2D eigenvalue weighted by atomic mass is 32.2. The van der Waals surface area contributed by atoms with Gasteiger partial charge in [0.05, 0.1) is 18.1 Å². The molecule has 0 radical (unpaired) electrons. The van der Waals surface area contributed by atoms with Crippen molar-refractivity contribution < 1.29 is 4.79 Å². The minimum Gasteiger partial charge on any atom is -0.369 e. The van der Waals surface area contributed by atoms with Gasteiger partial charge < -0.3 is 10.6 Å². The zero-order valence-corrected chi connectivity index (χ0v) is 16.5. The summed E-state index contributed by atoms with van der Waals surface area (Å²) in [5.41, 5.74) is 0.802. The first kappa shape index (κ1) is 19.5. The third kappa shape index (κ3) is 5.32. The number of nitrogens with zero attached hydrogens (tertiary/aromatic N) is 4. The fraction of sp³-hybridized carbons (Fsp3) is 0.647. The van der Waals surface area contributed by atoms with Gasteiger partial charge in [-0.3, -0.25) is 4.79 Å². The third-order valence-corrected chi connectivity index (χ3v) is 4.30. The number of amides is 1. The number of hydrogen-bond acceptors (Lipinski definition) is 6. The maximum absolute atomic E-state index is 11.7. The fourth-order valence-electron chi connectivity index (χ4n) is 2.22. The van der Waals surface area contributed by atoms with Gasteiger partial charge >= 0.3 is 0 Å². The van der Waals surface area contributed by atoms with Crippen LogP contribution < -0.4 is 10.6 Å². The summed E-state index contributed by atoms with van der Waals surface area (Å²) >= 11 is 1.61. The Kier molecular flexibility index (Phi) is 7.04. The van der Waals surface area contributed by atoms with Gasteiger partial charge in [0.1, 0.15) is 5.82 Å². The molecule has 1 amide bonds. The van der Waals surface area contributed by atoms with E-state index in [2.05, 4.69) is 46.5 Å². The summed E-state index contributed by atoms with van der Waals surface area (Å²) in [5.74, 6) is 2.29. The van der Waals surface area contributed by atoms with E-state index in [1.165, 1.54) is 0 Å². The van der Waals surface area contributed by atoms with Crippen LogP contribution in [0.15, 0.2) is 11.4 Å². The molecule has 0 atom stereocenters. The lowest BCUT2D eigenvalue weighted by atomic mass is 10.2. The van der Waals surface area contributed by atoms with E-state index >= 15 is 0 Å². The minimum atomic E-state index is -0.0175. The van der Waals surface area contributed by atoms with Crippen molar-refractivity contribution in [1.29, 1.82) is 0 Å². The number of rotatable bonds is 9. The molecule has 0 unspecified atom stereocenters. The molecule has 2 aromatic heterocycles. The van der Waals surface area contributed by atoms with E-state index in [1.54, 1.807) is 18.0 Å². The largest absolute Gasteiger partial charge is 0.369 e. The number of hydrogen-bond donors (Lipinski definition) is 2. The van der Waals surface area contributed by atoms with E-state index in [1.807, 2.05) is 18.5 Å². The number of aromatic nitrogens is 4. The number of nitrogens with one attached hydrogen (secondary N) is 2. The SMILES string of the molecule is CCSc1nc(NCC(C)C)c2cnn(CCNC(=O)C(C)C)c2n1. The Morgan fingerprint density at radius 1 is 1.28 bits per heavy atom. The normalized spacial score (nSPS) is 11.5. The lowest BCUT2D eigenvalue weighted by Crippen LogP contribution is -2.30. The lowest BCUT2D eigenvalue weighted by Gasteiger charge is -2.11. The van der Waals surface area contributed by atoms with Crippen LogP contribution in [0.25, 0.3) is 11.0 Å². The van der Waals surface area contributed by atoms with Gasteiger partial charge in [-0.05, 0) is 11.7 Å². The quantitative estimate of drug-likeness (QED) is 0.526. The molecule has 2 heterocycles. The monoisotopic (exact) mass is 364 g/mol. The van der Waals surface area contributed by atoms with Crippen LogP contribution in [-0.2, 0) is 11.3 Å². The summed E-state index contributed by atoms with van der Waals surface area (Å²) < 4.78 is 1.83. The van der Waals surface area contributed by atoms with Crippen molar-refractivity contribution in [3.63, 3.8) is 0 Å². The number of carbonyl (C=O) groups is 1. The summed E-state index contributed by atoms with van der Waals surface area (Å²) in [6.45, 7) is 12.1. The number of fused-ring (bicyclic) bond motifs is 1. The standard InChI is InChI=1S/C17H28N6OS/c1-6-25-17-21-14(19-9-11(2)3)13-10-20-23(15(13)22-17)8-7-18-16(24)12(4)5/h10-12H,6-9H2,1-5H3,(H,18,24)(H,19,21,22). The predicted octanol–water partition coefficient (Wildman–Crippen LogP) is 2.78. The van der Waals surface area contributed by atoms with Gasteiger partial charge in [0.25, 0.3) is 0 Å². The first-order valence-corrected chi connectivity index (χ1v) is 9.78. The summed E-state index contributed by atoms with van der Waals surface area (Å²) in [4.78, 5) is 21.0. The Labute approximate surface area is 153 Å². The van der Waals surface area contributed by atoms with Crippen LogP contribution in [0, 0.1) is 11.8 Å². The molecule has 0 saturated carbocycles. The molecule has 0 aliphatic rings. The Bertz CT molecular complexity index is 712. The zero-order chi connectivity index (χ0) is 18.4. The van der Waals surface area contributed by atoms with Crippen LogP contribution in [0.3, 0.4) is 0 Å². The van der Waals surface area contributed by atoms with Gasteiger partial charge in [-0.25, -0.2) is 14.6 Å². The second-order valence-corrected chi connectivity index (χ2v) is 7.84. The van der Waals surface area contributed by atoms with Crippen LogP contribution in [0.2, 0.25) is 0 Å². The molecule has 8 heteroatoms. The summed E-state index contributed by atoms with van der Waals surface area (Å²) in [7, 11) is 0. The fourth-order valence-corrected chi connectivity index (χ4v) is 2.78. The molecule has 0 aliphatic heterocycles. The van der Waals surface area contributed by atoms with Crippen LogP contribution >= 0.6 is 11.8 Å². The molecule has 2 rings (SSSR count). The van der Waals surface area contributed by atoms with E-state index in [0.717, 1.165) is 34.3 Å². The van der Waals surface area contributed by atoms with E-state index in [4.69, 9.17) is 0 Å². The van der Waals surface area contributed by atoms with E-state index in [-0.39, 0.29) is 11.8 Å². The predicted molar refractivity (Wildman–Crippen MR) is 103 cm³/mol. The molecule has 0 aliphatic carbocycles. The first-order chi connectivity index (χ1) is 11.9. The van der Waals surface area contributed by atoms with Crippen LogP contribution in [0.5, 0.6) is 0 Å². The van der Waals surface area contributed by atoms with Crippen LogP contribution in [-0.4, -0.2) is 44.5 Å². The maximum atomic E-state index is 11.7. The van der Waals surface area contributed by atoms with Crippen molar-refractivity contribution in [3.8, 4) is 0 Å². The molecule has 2 aromatic rings. The number of carbonyl (C=O) groups excluding carboxylic acids is 1. The Morgan fingerprint density at radius 2 is 2.04 bits per heavy atom. The number of anilines is 1. The van der Waals surface area contributed by atoms with Gasteiger partial charge in [-0.1, -0.05) is 46.4 Å². The third-order valence-electron chi connectivity index (χ3n) is 3.57. The minimum absolute atomic E-state index is 0.0175. The lowest BCUT2D eigenvalue weighted by molar-refractivity contribution is -0.124. The Balaban J connectivity index is 2.22. The molecule has 25 heavy (non-hydrogen) atoms. The topological polar surface area (TPSA) is 84.7 Å². The van der Waals surface area contributed by atoms with Crippen LogP contribution in [0.1, 0.15) is 34.6 Å². The van der Waals surface area contributed by atoms with Gasteiger partial charge in [-0.15, -0.1) is 0 Å². The van der Waals surface area contributed by atoms with Gasteiger partial charge in [0, 0.05) is 19.0 Å². The average molecular weight is 365 g/mol. The zero-order valence-electron chi connectivity index (χ0n) is 15.7. The van der Waals surface area contributed by atoms with Gasteiger partial charge in [-0.2, -0.15) is 5.10 Å². The second kappa shape index (κ2) is 9.03. The first-order valence-electron chi connectivity index (χ1n) is 8.80. The van der Waals surface area contributed by atoms with Crippen molar-refractivity contribution >= 4 is 34.5 Å². The molecular formula is C17H28N6OS. The molecular weight excluding hydrogens is 336 g/mol. The van der Waals surface area contributed by atoms with Gasteiger partial charge in [0.15, 0.2) is 10.8 Å². The molecule has 0 saturated heterocycles. The maximum Gasteiger partial charge on any atom is 0.222 e. The molecule has 0 spiro atoms. The molecule has 0 aromatic carbocycles. The smallest absolute Gasteiger partial charge is 0.222 e. The van der Waals surface area contributed by atoms with E-state index in [0.29, 0.717) is 19.0 Å². The molecule has 7 nitrogen and oxygen atoms in total. The van der Waals surface area contributed by atoms with Gasteiger partial charge in [0.2, 0.25) is 5.91 Å². The van der Waals surface area contributed by atoms with Crippen LogP contribution in [0.4, 0.5) is 5.82 Å².